The first kappa shape index (κ1) is 17.7. The quantitative estimate of drug-likeness (QED) is 0.664. The van der Waals surface area contributed by atoms with Crippen molar-refractivity contribution in [1.29, 1.82) is 0 Å². The minimum absolute atomic E-state index is 0.137. The van der Waals surface area contributed by atoms with Gasteiger partial charge in [-0.15, -0.1) is 0 Å². The predicted octanol–water partition coefficient (Wildman–Crippen LogP) is 2.14. The zero-order valence-electron chi connectivity index (χ0n) is 11.4. The van der Waals surface area contributed by atoms with E-state index in [9.17, 15) is 18.3 Å². The molecule has 18 heavy (non-hydrogen) atoms. The molecule has 0 radical (unpaired) electrons. The summed E-state index contributed by atoms with van der Waals surface area (Å²) in [5.74, 6) is 0. The Labute approximate surface area is 107 Å². The molecule has 0 rings (SSSR count). The molecule has 0 aromatic heterocycles. The van der Waals surface area contributed by atoms with Crippen molar-refractivity contribution in [1.82, 2.24) is 4.90 Å². The molecule has 0 amide bonds. The first-order chi connectivity index (χ1) is 8.07. The Hall–Kier alpha value is -0.330. The molecule has 0 aliphatic carbocycles. The maximum atomic E-state index is 12.3. The van der Waals surface area contributed by atoms with Crippen LogP contribution >= 0.6 is 0 Å². The van der Waals surface area contributed by atoms with Crippen molar-refractivity contribution in [2.24, 2.45) is 5.73 Å². The molecule has 0 fully saturated rings. The Morgan fingerprint density at radius 2 is 1.78 bits per heavy atom. The first-order valence-corrected chi connectivity index (χ1v) is 6.30. The number of hydrogen-bond acceptors (Lipinski definition) is 3. The lowest BCUT2D eigenvalue weighted by Gasteiger charge is -2.28. The number of hydrogen-bond donors (Lipinski definition) is 2. The van der Waals surface area contributed by atoms with Gasteiger partial charge in [0.15, 0.2) is 0 Å². The van der Waals surface area contributed by atoms with Crippen molar-refractivity contribution in [2.45, 2.75) is 57.9 Å². The van der Waals surface area contributed by atoms with E-state index in [0.29, 0.717) is 25.8 Å². The highest BCUT2D eigenvalue weighted by Gasteiger charge is 2.31. The molecule has 0 saturated heterocycles. The molecule has 1 atom stereocenters. The van der Waals surface area contributed by atoms with E-state index in [0.717, 1.165) is 0 Å². The van der Waals surface area contributed by atoms with Crippen LogP contribution in [0.1, 0.15) is 40.0 Å². The third-order valence-corrected chi connectivity index (χ3v) is 2.96. The number of alkyl halides is 3. The van der Waals surface area contributed by atoms with Crippen molar-refractivity contribution in [3.8, 4) is 0 Å². The van der Waals surface area contributed by atoms with Crippen molar-refractivity contribution in [2.75, 3.05) is 19.6 Å². The third-order valence-electron chi connectivity index (χ3n) is 2.96. The van der Waals surface area contributed by atoms with Crippen LogP contribution in [-0.2, 0) is 0 Å². The zero-order chi connectivity index (χ0) is 14.4. The average molecular weight is 270 g/mol. The number of unbranched alkanes of at least 4 members (excludes halogenated alkanes) is 1. The summed E-state index contributed by atoms with van der Waals surface area (Å²) in [5.41, 5.74) is 4.46. The minimum atomic E-state index is -4.16. The second-order valence-electron chi connectivity index (χ2n) is 5.34. The van der Waals surface area contributed by atoms with E-state index < -0.39 is 18.3 Å². The van der Waals surface area contributed by atoms with Crippen molar-refractivity contribution < 1.29 is 18.3 Å². The van der Waals surface area contributed by atoms with Crippen LogP contribution in [-0.4, -0.2) is 47.5 Å². The van der Waals surface area contributed by atoms with Crippen molar-refractivity contribution in [3.63, 3.8) is 0 Å². The van der Waals surface area contributed by atoms with Crippen LogP contribution in [0.25, 0.3) is 0 Å². The fourth-order valence-electron chi connectivity index (χ4n) is 1.67. The van der Waals surface area contributed by atoms with E-state index in [1.807, 2.05) is 0 Å². The summed E-state index contributed by atoms with van der Waals surface area (Å²) in [4.78, 5) is 1.40. The average Bonchev–Trinajstić information content (AvgIpc) is 2.20. The van der Waals surface area contributed by atoms with E-state index in [1.165, 1.54) is 4.90 Å². The molecule has 0 aromatic rings. The fourth-order valence-corrected chi connectivity index (χ4v) is 1.67. The van der Waals surface area contributed by atoms with Crippen molar-refractivity contribution >= 4 is 0 Å². The number of halogens is 3. The largest absolute Gasteiger partial charge is 0.401 e. The number of nitrogens with zero attached hydrogens (tertiary/aromatic N) is 1. The van der Waals surface area contributed by atoms with Gasteiger partial charge in [0.05, 0.1) is 12.1 Å². The van der Waals surface area contributed by atoms with Gasteiger partial charge in [-0.05, 0) is 46.6 Å². The molecule has 0 spiro atoms. The van der Waals surface area contributed by atoms with E-state index in [1.54, 1.807) is 20.8 Å². The lowest BCUT2D eigenvalue weighted by molar-refractivity contribution is -0.149. The standard InChI is InChI=1S/C12H25F3N2O/c1-10(2)17(9-12(13,14)15)7-5-4-6-11(3,18)8-16/h10,18H,4-9,16H2,1-3H3. The maximum Gasteiger partial charge on any atom is 0.401 e. The van der Waals surface area contributed by atoms with E-state index in [-0.39, 0.29) is 12.6 Å². The van der Waals surface area contributed by atoms with Crippen LogP contribution in [0, 0.1) is 0 Å². The highest BCUT2D eigenvalue weighted by molar-refractivity contribution is 4.74. The maximum absolute atomic E-state index is 12.3. The third kappa shape index (κ3) is 8.72. The summed E-state index contributed by atoms with van der Waals surface area (Å²) in [6.45, 7) is 4.83. The van der Waals surface area contributed by atoms with Gasteiger partial charge in [-0.2, -0.15) is 13.2 Å². The summed E-state index contributed by atoms with van der Waals surface area (Å²) in [6, 6.07) is -0.137. The van der Waals surface area contributed by atoms with E-state index >= 15 is 0 Å². The number of rotatable bonds is 8. The van der Waals surface area contributed by atoms with Gasteiger partial charge in [0.25, 0.3) is 0 Å². The monoisotopic (exact) mass is 270 g/mol. The summed E-state index contributed by atoms with van der Waals surface area (Å²) in [7, 11) is 0. The lowest BCUT2D eigenvalue weighted by atomic mass is 9.99. The second kappa shape index (κ2) is 7.31. The van der Waals surface area contributed by atoms with Gasteiger partial charge in [0.2, 0.25) is 0 Å². The van der Waals surface area contributed by atoms with Crippen LogP contribution in [0.4, 0.5) is 13.2 Å². The molecule has 0 saturated carbocycles. The molecule has 0 heterocycles. The number of nitrogens with two attached hydrogens (primary N) is 1. The van der Waals surface area contributed by atoms with Gasteiger partial charge >= 0.3 is 6.18 Å². The molecule has 6 heteroatoms. The van der Waals surface area contributed by atoms with Crippen LogP contribution in [0.3, 0.4) is 0 Å². The molecule has 0 aliphatic rings. The fraction of sp³-hybridized carbons (Fsp3) is 1.00. The first-order valence-electron chi connectivity index (χ1n) is 6.30. The van der Waals surface area contributed by atoms with Gasteiger partial charge < -0.3 is 10.8 Å². The summed E-state index contributed by atoms with van der Waals surface area (Å²) in [5, 5.41) is 9.67. The zero-order valence-corrected chi connectivity index (χ0v) is 11.4. The second-order valence-corrected chi connectivity index (χ2v) is 5.34. The SMILES string of the molecule is CC(C)N(CCCCC(C)(O)CN)CC(F)(F)F. The Morgan fingerprint density at radius 1 is 1.22 bits per heavy atom. The van der Waals surface area contributed by atoms with Gasteiger partial charge in [-0.1, -0.05) is 0 Å². The van der Waals surface area contributed by atoms with Crippen LogP contribution < -0.4 is 5.73 Å². The highest BCUT2D eigenvalue weighted by atomic mass is 19.4. The molecular weight excluding hydrogens is 245 g/mol. The molecule has 0 aromatic carbocycles. The summed E-state index contributed by atoms with van der Waals surface area (Å²) >= 11 is 0. The molecular formula is C12H25F3N2O. The van der Waals surface area contributed by atoms with E-state index in [2.05, 4.69) is 0 Å². The van der Waals surface area contributed by atoms with Gasteiger partial charge in [0, 0.05) is 12.6 Å². The minimum Gasteiger partial charge on any atom is -0.389 e. The molecule has 3 nitrogen and oxygen atoms in total. The van der Waals surface area contributed by atoms with Crippen LogP contribution in [0.15, 0.2) is 0 Å². The van der Waals surface area contributed by atoms with Crippen LogP contribution in [0.5, 0.6) is 0 Å². The molecule has 0 aliphatic heterocycles. The van der Waals surface area contributed by atoms with Gasteiger partial charge in [-0.25, -0.2) is 0 Å². The molecule has 0 bridgehead atoms. The van der Waals surface area contributed by atoms with Crippen LogP contribution in [0.2, 0.25) is 0 Å². The Morgan fingerprint density at radius 3 is 2.17 bits per heavy atom. The highest BCUT2D eigenvalue weighted by Crippen LogP contribution is 2.19. The Balaban J connectivity index is 3.99. The topological polar surface area (TPSA) is 49.5 Å². The van der Waals surface area contributed by atoms with Crippen molar-refractivity contribution in [3.05, 3.63) is 0 Å². The molecule has 110 valence electrons. The predicted molar refractivity (Wildman–Crippen MR) is 66.3 cm³/mol. The van der Waals surface area contributed by atoms with Gasteiger partial charge in [0.1, 0.15) is 0 Å². The summed E-state index contributed by atoms with van der Waals surface area (Å²) in [6.07, 6.45) is -2.34. The molecule has 1 unspecified atom stereocenters. The lowest BCUT2D eigenvalue weighted by Crippen LogP contribution is -2.40. The smallest absolute Gasteiger partial charge is 0.389 e. The molecule has 3 N–H and O–H groups in total. The van der Waals surface area contributed by atoms with E-state index in [4.69, 9.17) is 5.73 Å². The Bertz CT molecular complexity index is 230. The number of aliphatic hydroxyl groups is 1. The Kier molecular flexibility index (Phi) is 7.17. The van der Waals surface area contributed by atoms with Gasteiger partial charge in [-0.3, -0.25) is 4.90 Å². The normalized spacial score (nSPS) is 16.3. The summed E-state index contributed by atoms with van der Waals surface area (Å²) < 4.78 is 37.0.